The van der Waals surface area contributed by atoms with Crippen LogP contribution in [0.25, 0.3) is 0 Å². The van der Waals surface area contributed by atoms with E-state index in [0.29, 0.717) is 18.4 Å². The number of phenols is 2. The monoisotopic (exact) mass is 400 g/mol. The Balaban J connectivity index is 2.25. The quantitative estimate of drug-likeness (QED) is 0.193. The number of aryl methyl sites for hydroxylation is 1. The summed E-state index contributed by atoms with van der Waals surface area (Å²) < 4.78 is 0. The predicted molar refractivity (Wildman–Crippen MR) is 127 cm³/mol. The van der Waals surface area contributed by atoms with Crippen molar-refractivity contribution in [2.45, 2.75) is 110 Å². The van der Waals surface area contributed by atoms with Crippen molar-refractivity contribution >= 4 is 0 Å². The molecule has 2 heteroatoms. The number of benzene rings is 1. The van der Waals surface area contributed by atoms with Crippen molar-refractivity contribution in [1.82, 2.24) is 0 Å². The molecule has 0 spiro atoms. The summed E-state index contributed by atoms with van der Waals surface area (Å²) in [5, 5.41) is 20.8. The smallest absolute Gasteiger partial charge is 0.126 e. The lowest BCUT2D eigenvalue weighted by Gasteiger charge is -2.15. The van der Waals surface area contributed by atoms with E-state index in [1.165, 1.54) is 77.0 Å². The maximum Gasteiger partial charge on any atom is 0.126 e. The van der Waals surface area contributed by atoms with Crippen LogP contribution in [0.3, 0.4) is 0 Å². The van der Waals surface area contributed by atoms with Gasteiger partial charge in [-0.15, -0.1) is 13.2 Å². The first-order valence-corrected chi connectivity index (χ1v) is 11.9. The third-order valence-corrected chi connectivity index (χ3v) is 5.83. The molecule has 2 N–H and O–H groups in total. The van der Waals surface area contributed by atoms with Crippen molar-refractivity contribution in [2.24, 2.45) is 0 Å². The Morgan fingerprint density at radius 2 is 1.14 bits per heavy atom. The van der Waals surface area contributed by atoms with Crippen LogP contribution >= 0.6 is 0 Å². The zero-order valence-corrected chi connectivity index (χ0v) is 18.9. The molecule has 1 rings (SSSR count). The third kappa shape index (κ3) is 10.1. The molecular formula is C27H44O2. The van der Waals surface area contributed by atoms with Crippen LogP contribution in [-0.2, 0) is 19.3 Å². The molecule has 29 heavy (non-hydrogen) atoms. The van der Waals surface area contributed by atoms with Crippen LogP contribution in [0.4, 0.5) is 0 Å². The fraction of sp³-hybridized carbons (Fsp3) is 0.630. The van der Waals surface area contributed by atoms with Gasteiger partial charge in [0.05, 0.1) is 0 Å². The van der Waals surface area contributed by atoms with Crippen LogP contribution in [0.5, 0.6) is 11.5 Å². The largest absolute Gasteiger partial charge is 0.508 e. The highest BCUT2D eigenvalue weighted by Gasteiger charge is 2.15. The van der Waals surface area contributed by atoms with Gasteiger partial charge in [-0.05, 0) is 37.3 Å². The number of rotatable bonds is 18. The van der Waals surface area contributed by atoms with E-state index in [9.17, 15) is 10.2 Å². The molecule has 2 nitrogen and oxygen atoms in total. The van der Waals surface area contributed by atoms with Gasteiger partial charge in [0.25, 0.3) is 0 Å². The third-order valence-electron chi connectivity index (χ3n) is 5.83. The minimum atomic E-state index is 0.180. The molecule has 1 aromatic rings. The fourth-order valence-corrected chi connectivity index (χ4v) is 4.07. The second-order valence-corrected chi connectivity index (χ2v) is 8.34. The van der Waals surface area contributed by atoms with Crippen molar-refractivity contribution in [1.29, 1.82) is 0 Å². The molecule has 0 bridgehead atoms. The van der Waals surface area contributed by atoms with Crippen molar-refractivity contribution < 1.29 is 10.2 Å². The lowest BCUT2D eigenvalue weighted by molar-refractivity contribution is 0.435. The van der Waals surface area contributed by atoms with E-state index in [-0.39, 0.29) is 11.5 Å². The van der Waals surface area contributed by atoms with E-state index < -0.39 is 0 Å². The zero-order chi connectivity index (χ0) is 21.3. The summed E-state index contributed by atoms with van der Waals surface area (Å²) in [6.07, 6.45) is 22.9. The average molecular weight is 401 g/mol. The lowest BCUT2D eigenvalue weighted by atomic mass is 9.93. The second kappa shape index (κ2) is 16.1. The van der Waals surface area contributed by atoms with Gasteiger partial charge >= 0.3 is 0 Å². The number of phenolic OH excluding ortho intramolecular Hbond substituents is 2. The molecule has 0 saturated carbocycles. The summed E-state index contributed by atoms with van der Waals surface area (Å²) in [7, 11) is 0. The number of unbranched alkanes of at least 4 members (excludes halogenated alkanes) is 12. The van der Waals surface area contributed by atoms with Gasteiger partial charge < -0.3 is 10.2 Å². The van der Waals surface area contributed by atoms with E-state index in [4.69, 9.17) is 0 Å². The highest BCUT2D eigenvalue weighted by molar-refractivity contribution is 5.54. The highest BCUT2D eigenvalue weighted by Crippen LogP contribution is 2.35. The van der Waals surface area contributed by atoms with Gasteiger partial charge in [-0.1, -0.05) is 96.1 Å². The van der Waals surface area contributed by atoms with E-state index in [2.05, 4.69) is 20.1 Å². The first-order chi connectivity index (χ1) is 14.2. The van der Waals surface area contributed by atoms with E-state index in [1.807, 2.05) is 12.1 Å². The van der Waals surface area contributed by atoms with Crippen LogP contribution < -0.4 is 0 Å². The first-order valence-electron chi connectivity index (χ1n) is 11.9. The van der Waals surface area contributed by atoms with Gasteiger partial charge in [0.2, 0.25) is 0 Å². The molecule has 0 heterocycles. The highest BCUT2D eigenvalue weighted by atomic mass is 16.3. The Labute approximate surface area is 179 Å². The second-order valence-electron chi connectivity index (χ2n) is 8.34. The molecule has 0 radical (unpaired) electrons. The molecule has 0 atom stereocenters. The molecule has 0 aliphatic heterocycles. The lowest BCUT2D eigenvalue weighted by Crippen LogP contribution is -1.98. The molecule has 0 aliphatic rings. The summed E-state index contributed by atoms with van der Waals surface area (Å²) in [6, 6.07) is 1.83. The molecule has 0 aromatic heterocycles. The van der Waals surface area contributed by atoms with Crippen LogP contribution in [0.15, 0.2) is 31.4 Å². The Morgan fingerprint density at radius 3 is 1.62 bits per heavy atom. The molecule has 0 unspecified atom stereocenters. The Hall–Kier alpha value is -1.70. The summed E-state index contributed by atoms with van der Waals surface area (Å²) in [4.78, 5) is 0. The van der Waals surface area contributed by atoms with Gasteiger partial charge in [0, 0.05) is 11.1 Å². The summed E-state index contributed by atoms with van der Waals surface area (Å²) >= 11 is 0. The fourth-order valence-electron chi connectivity index (χ4n) is 4.07. The minimum absolute atomic E-state index is 0.180. The van der Waals surface area contributed by atoms with Gasteiger partial charge in [0.15, 0.2) is 0 Å². The van der Waals surface area contributed by atoms with Crippen molar-refractivity contribution in [3.8, 4) is 11.5 Å². The van der Waals surface area contributed by atoms with Crippen LogP contribution in [-0.4, -0.2) is 10.2 Å². The molecule has 0 fully saturated rings. The molecule has 0 saturated heterocycles. The Morgan fingerprint density at radius 1 is 0.690 bits per heavy atom. The standard InChI is InChI=1S/C27H44O2/c1-4-7-8-9-10-11-12-13-14-15-16-17-18-21-23-22-26(28)25(20-6-3)27(29)24(23)19-5-2/h5-6,22,28-29H,2-4,7-21H2,1H3. The van der Waals surface area contributed by atoms with Crippen LogP contribution in [0.1, 0.15) is 107 Å². The van der Waals surface area contributed by atoms with E-state index >= 15 is 0 Å². The van der Waals surface area contributed by atoms with Gasteiger partial charge in [-0.2, -0.15) is 0 Å². The average Bonchev–Trinajstić information content (AvgIpc) is 2.71. The molecular weight excluding hydrogens is 356 g/mol. The molecule has 1 aromatic carbocycles. The normalized spacial score (nSPS) is 10.9. The number of hydrogen-bond acceptors (Lipinski definition) is 2. The zero-order valence-electron chi connectivity index (χ0n) is 18.9. The van der Waals surface area contributed by atoms with Crippen molar-refractivity contribution in [3.63, 3.8) is 0 Å². The number of hydrogen-bond donors (Lipinski definition) is 2. The minimum Gasteiger partial charge on any atom is -0.508 e. The molecule has 0 aliphatic carbocycles. The Kier molecular flexibility index (Phi) is 14.1. The summed E-state index contributed by atoms with van der Waals surface area (Å²) in [5.41, 5.74) is 2.54. The summed E-state index contributed by atoms with van der Waals surface area (Å²) in [6.45, 7) is 9.79. The topological polar surface area (TPSA) is 40.5 Å². The van der Waals surface area contributed by atoms with Crippen LogP contribution in [0.2, 0.25) is 0 Å². The van der Waals surface area contributed by atoms with E-state index in [1.54, 1.807) is 6.08 Å². The van der Waals surface area contributed by atoms with Gasteiger partial charge in [-0.25, -0.2) is 0 Å². The van der Waals surface area contributed by atoms with Crippen molar-refractivity contribution in [2.75, 3.05) is 0 Å². The summed E-state index contributed by atoms with van der Waals surface area (Å²) in [5.74, 6) is 0.398. The van der Waals surface area contributed by atoms with Gasteiger partial charge in [-0.3, -0.25) is 0 Å². The maximum atomic E-state index is 10.6. The van der Waals surface area contributed by atoms with Gasteiger partial charge in [0.1, 0.15) is 11.5 Å². The Bertz CT molecular complexity index is 589. The molecule has 164 valence electrons. The molecule has 0 amide bonds. The predicted octanol–water partition coefficient (Wildman–Crippen LogP) is 8.19. The van der Waals surface area contributed by atoms with Crippen LogP contribution in [0, 0.1) is 0 Å². The SMILES string of the molecule is C=CCc1c(O)cc(CCCCCCCCCCCCCCC)c(CC=C)c1O. The van der Waals surface area contributed by atoms with Crippen molar-refractivity contribution in [3.05, 3.63) is 48.1 Å². The maximum absolute atomic E-state index is 10.6. The first kappa shape index (κ1) is 25.3. The number of aromatic hydroxyl groups is 2. The van der Waals surface area contributed by atoms with E-state index in [0.717, 1.165) is 24.0 Å². The number of allylic oxidation sites excluding steroid dienone is 2.